The molecule has 9 heteroatoms. The van der Waals surface area contributed by atoms with Crippen molar-refractivity contribution in [1.82, 2.24) is 25.1 Å². The van der Waals surface area contributed by atoms with Gasteiger partial charge in [-0.2, -0.15) is 0 Å². The summed E-state index contributed by atoms with van der Waals surface area (Å²) in [6.07, 6.45) is 1.64. The van der Waals surface area contributed by atoms with Crippen LogP contribution < -0.4 is 5.32 Å². The third-order valence-corrected chi connectivity index (χ3v) is 6.83. The first-order valence-electron chi connectivity index (χ1n) is 12.5. The topological polar surface area (TPSA) is 76.2 Å². The van der Waals surface area contributed by atoms with Gasteiger partial charge in [0.15, 0.2) is 0 Å². The zero-order valence-corrected chi connectivity index (χ0v) is 21.1. The van der Waals surface area contributed by atoms with Crippen LogP contribution in [-0.4, -0.2) is 70.0 Å². The zero-order chi connectivity index (χ0) is 25.8. The largest absolute Gasteiger partial charge is 0.334 e. The minimum Gasteiger partial charge on any atom is -0.333 e. The average Bonchev–Trinajstić information content (AvgIpc) is 2.85. The third kappa shape index (κ3) is 5.51. The van der Waals surface area contributed by atoms with E-state index in [-0.39, 0.29) is 43.3 Å². The highest BCUT2D eigenvalue weighted by Crippen LogP contribution is 2.29. The van der Waals surface area contributed by atoms with Crippen LogP contribution in [0.5, 0.6) is 0 Å². The van der Waals surface area contributed by atoms with Crippen LogP contribution >= 0.6 is 0 Å². The van der Waals surface area contributed by atoms with Crippen LogP contribution in [0.2, 0.25) is 0 Å². The minimum absolute atomic E-state index is 0.00827. The summed E-state index contributed by atoms with van der Waals surface area (Å²) in [5.74, 6) is -0.576. The fraction of sp³-hybridized carbons (Fsp3) is 0.444. The molecule has 2 saturated heterocycles. The molecule has 2 aliphatic heterocycles. The molecule has 2 aliphatic rings. The molecule has 0 unspecified atom stereocenters. The number of rotatable bonds is 7. The summed E-state index contributed by atoms with van der Waals surface area (Å²) < 4.78 is 13.2. The molecule has 2 aromatic carbocycles. The second-order valence-corrected chi connectivity index (χ2v) is 9.59. The molecular formula is C27H34FN5O3. The number of benzene rings is 2. The van der Waals surface area contributed by atoms with Crippen LogP contribution in [0, 0.1) is 12.7 Å². The van der Waals surface area contributed by atoms with E-state index in [1.807, 2.05) is 31.2 Å². The SMILES string of the molecule is CCCC[C@H]1C(=O)N(Cc2ccc(C)cc2)C[C@H]2N1C(=O)CN(C)N2C(=O)NCc1ccc(F)cc1. The van der Waals surface area contributed by atoms with Crippen LogP contribution in [0.1, 0.15) is 42.9 Å². The van der Waals surface area contributed by atoms with Crippen molar-refractivity contribution in [3.05, 3.63) is 71.0 Å². The van der Waals surface area contributed by atoms with Gasteiger partial charge in [0.2, 0.25) is 11.8 Å². The van der Waals surface area contributed by atoms with Gasteiger partial charge in [-0.3, -0.25) is 9.59 Å². The number of hydrogen-bond donors (Lipinski definition) is 1. The van der Waals surface area contributed by atoms with Crippen LogP contribution in [0.3, 0.4) is 0 Å². The van der Waals surface area contributed by atoms with Gasteiger partial charge in [0.05, 0.1) is 13.1 Å². The second-order valence-electron chi connectivity index (χ2n) is 9.59. The number of hydrazine groups is 1. The molecule has 192 valence electrons. The first kappa shape index (κ1) is 25.6. The zero-order valence-electron chi connectivity index (χ0n) is 21.1. The van der Waals surface area contributed by atoms with Gasteiger partial charge in [0.1, 0.15) is 18.0 Å². The molecule has 2 fully saturated rings. The highest BCUT2D eigenvalue weighted by molar-refractivity contribution is 5.91. The Morgan fingerprint density at radius 1 is 1.06 bits per heavy atom. The third-order valence-electron chi connectivity index (χ3n) is 6.83. The normalized spacial score (nSPS) is 20.5. The van der Waals surface area contributed by atoms with Crippen molar-refractivity contribution in [2.45, 2.75) is 58.4 Å². The fourth-order valence-electron chi connectivity index (χ4n) is 4.90. The maximum Gasteiger partial charge on any atom is 0.334 e. The van der Waals surface area contributed by atoms with E-state index >= 15 is 0 Å². The number of unbranched alkanes of at least 4 members (excludes halogenated alkanes) is 1. The molecule has 1 N–H and O–H groups in total. The number of aryl methyl sites for hydroxylation is 1. The van der Waals surface area contributed by atoms with Crippen molar-refractivity contribution < 1.29 is 18.8 Å². The number of likely N-dealkylation sites (N-methyl/N-ethyl adjacent to an activating group) is 1. The van der Waals surface area contributed by atoms with Gasteiger partial charge in [0, 0.05) is 20.1 Å². The van der Waals surface area contributed by atoms with Crippen molar-refractivity contribution in [3.8, 4) is 0 Å². The van der Waals surface area contributed by atoms with E-state index in [1.165, 1.54) is 12.1 Å². The van der Waals surface area contributed by atoms with Crippen molar-refractivity contribution >= 4 is 17.8 Å². The number of nitrogens with one attached hydrogen (secondary N) is 1. The highest BCUT2D eigenvalue weighted by atomic mass is 19.1. The van der Waals surface area contributed by atoms with Crippen molar-refractivity contribution in [1.29, 1.82) is 0 Å². The molecular weight excluding hydrogens is 461 g/mol. The molecule has 0 bridgehead atoms. The van der Waals surface area contributed by atoms with E-state index in [2.05, 4.69) is 12.2 Å². The summed E-state index contributed by atoms with van der Waals surface area (Å²) in [5.41, 5.74) is 2.90. The molecule has 4 rings (SSSR count). The van der Waals surface area contributed by atoms with Gasteiger partial charge in [-0.15, -0.1) is 0 Å². The Morgan fingerprint density at radius 3 is 2.39 bits per heavy atom. The predicted octanol–water partition coefficient (Wildman–Crippen LogP) is 3.26. The number of halogens is 1. The van der Waals surface area contributed by atoms with Gasteiger partial charge < -0.3 is 15.1 Å². The summed E-state index contributed by atoms with van der Waals surface area (Å²) in [4.78, 5) is 43.5. The van der Waals surface area contributed by atoms with Gasteiger partial charge in [-0.1, -0.05) is 61.7 Å². The van der Waals surface area contributed by atoms with Crippen molar-refractivity contribution in [3.63, 3.8) is 0 Å². The first-order chi connectivity index (χ1) is 17.3. The summed E-state index contributed by atoms with van der Waals surface area (Å²) in [5, 5.41) is 6.04. The number of nitrogens with zero attached hydrogens (tertiary/aromatic N) is 4. The molecule has 0 spiro atoms. The van der Waals surface area contributed by atoms with E-state index in [0.29, 0.717) is 13.0 Å². The lowest BCUT2D eigenvalue weighted by Crippen LogP contribution is -2.75. The van der Waals surface area contributed by atoms with E-state index in [4.69, 9.17) is 0 Å². The van der Waals surface area contributed by atoms with Gasteiger partial charge in [-0.25, -0.2) is 19.2 Å². The molecule has 0 saturated carbocycles. The van der Waals surface area contributed by atoms with E-state index in [1.54, 1.807) is 39.0 Å². The molecule has 2 aromatic rings. The van der Waals surface area contributed by atoms with Crippen LogP contribution in [-0.2, 0) is 22.7 Å². The number of amides is 4. The minimum atomic E-state index is -0.616. The van der Waals surface area contributed by atoms with Gasteiger partial charge in [0.25, 0.3) is 0 Å². The summed E-state index contributed by atoms with van der Waals surface area (Å²) in [6, 6.07) is 13.0. The number of piperazine rings is 1. The molecule has 0 aromatic heterocycles. The fourth-order valence-corrected chi connectivity index (χ4v) is 4.90. The molecule has 2 heterocycles. The Labute approximate surface area is 211 Å². The summed E-state index contributed by atoms with van der Waals surface area (Å²) in [6.45, 7) is 4.92. The number of urea groups is 1. The first-order valence-corrected chi connectivity index (χ1v) is 12.5. The summed E-state index contributed by atoms with van der Waals surface area (Å²) >= 11 is 0. The number of carbonyl (C=O) groups is 3. The van der Waals surface area contributed by atoms with Gasteiger partial charge >= 0.3 is 6.03 Å². The Balaban J connectivity index is 1.58. The lowest BCUT2D eigenvalue weighted by molar-refractivity contribution is -0.188. The van der Waals surface area contributed by atoms with Crippen molar-refractivity contribution in [2.75, 3.05) is 20.1 Å². The van der Waals surface area contributed by atoms with Crippen LogP contribution in [0.25, 0.3) is 0 Å². The lowest BCUT2D eigenvalue weighted by atomic mass is 10.0. The Bertz CT molecular complexity index is 1090. The van der Waals surface area contributed by atoms with Crippen LogP contribution in [0.4, 0.5) is 9.18 Å². The molecule has 0 radical (unpaired) electrons. The molecule has 8 nitrogen and oxygen atoms in total. The Morgan fingerprint density at radius 2 is 1.72 bits per heavy atom. The number of hydrogen-bond acceptors (Lipinski definition) is 4. The van der Waals surface area contributed by atoms with Crippen molar-refractivity contribution in [2.24, 2.45) is 0 Å². The van der Waals surface area contributed by atoms with Gasteiger partial charge in [-0.05, 0) is 36.6 Å². The highest BCUT2D eigenvalue weighted by Gasteiger charge is 2.50. The average molecular weight is 496 g/mol. The maximum absolute atomic E-state index is 13.6. The number of fused-ring (bicyclic) bond motifs is 1. The molecule has 4 amide bonds. The van der Waals surface area contributed by atoms with Crippen LogP contribution in [0.15, 0.2) is 48.5 Å². The molecule has 2 atom stereocenters. The monoisotopic (exact) mass is 495 g/mol. The molecule has 36 heavy (non-hydrogen) atoms. The summed E-state index contributed by atoms with van der Waals surface area (Å²) in [7, 11) is 1.70. The maximum atomic E-state index is 13.6. The standard InChI is InChI=1S/C27H34FN5O3/c1-4-5-6-23-26(35)31(16-21-9-7-19(2)8-10-21)17-24-32(23)25(34)18-30(3)33(24)27(36)29-15-20-11-13-22(28)14-12-20/h7-14,23-24H,4-6,15-18H2,1-3H3,(H,29,36)/t23-,24-/m0/s1. The van der Waals surface area contributed by atoms with E-state index in [9.17, 15) is 18.8 Å². The quantitative estimate of drug-likeness (QED) is 0.640. The second kappa shape index (κ2) is 11.1. The van der Waals surface area contributed by atoms with E-state index < -0.39 is 12.2 Å². The predicted molar refractivity (Wildman–Crippen MR) is 134 cm³/mol. The smallest absolute Gasteiger partial charge is 0.333 e. The van der Waals surface area contributed by atoms with E-state index in [0.717, 1.165) is 29.5 Å². The molecule has 0 aliphatic carbocycles. The Kier molecular flexibility index (Phi) is 7.88. The Hall–Kier alpha value is -3.46. The number of carbonyl (C=O) groups excluding carboxylic acids is 3. The lowest BCUT2D eigenvalue weighted by Gasteiger charge is -2.54.